The zero-order valence-electron chi connectivity index (χ0n) is 9.84. The van der Waals surface area contributed by atoms with Crippen LogP contribution < -0.4 is 0 Å². The predicted octanol–water partition coefficient (Wildman–Crippen LogP) is 3.90. The first kappa shape index (κ1) is 13.2. The van der Waals surface area contributed by atoms with Crippen molar-refractivity contribution in [2.75, 3.05) is 0 Å². The topological polar surface area (TPSA) is 17.1 Å². The van der Waals surface area contributed by atoms with Crippen LogP contribution in [0.2, 0.25) is 0 Å². The van der Waals surface area contributed by atoms with E-state index in [-0.39, 0.29) is 11.2 Å². The Hall–Kier alpha value is -0.850. The van der Waals surface area contributed by atoms with Gasteiger partial charge in [-0.05, 0) is 33.6 Å². The second kappa shape index (κ2) is 6.58. The maximum absolute atomic E-state index is 11.7. The molecule has 0 aromatic heterocycles. The molecule has 14 heavy (non-hydrogen) atoms. The summed E-state index contributed by atoms with van der Waals surface area (Å²) in [5.74, 6) is 0.274. The molecule has 0 heterocycles. The molecular weight excluding hydrogens is 172 g/mol. The minimum atomic E-state index is -0.254. The molecule has 0 radical (unpaired) electrons. The molecule has 1 atom stereocenters. The van der Waals surface area contributed by atoms with Gasteiger partial charge in [0.1, 0.15) is 5.78 Å². The van der Waals surface area contributed by atoms with E-state index < -0.39 is 0 Å². The van der Waals surface area contributed by atoms with Crippen LogP contribution in [0.1, 0.15) is 47.0 Å². The number of carbonyl (C=O) groups is 1. The predicted molar refractivity (Wildman–Crippen MR) is 62.3 cm³/mol. The maximum Gasteiger partial charge on any atom is 0.140 e. The molecule has 0 aromatic rings. The van der Waals surface area contributed by atoms with Crippen molar-refractivity contribution in [3.63, 3.8) is 0 Å². The van der Waals surface area contributed by atoms with E-state index in [2.05, 4.69) is 19.1 Å². The van der Waals surface area contributed by atoms with E-state index in [1.165, 1.54) is 0 Å². The van der Waals surface area contributed by atoms with Crippen molar-refractivity contribution < 1.29 is 4.79 Å². The van der Waals surface area contributed by atoms with Crippen molar-refractivity contribution in [2.45, 2.75) is 47.0 Å². The number of ketones is 1. The van der Waals surface area contributed by atoms with Gasteiger partial charge in [0.15, 0.2) is 0 Å². The largest absolute Gasteiger partial charge is 0.299 e. The highest BCUT2D eigenvalue weighted by molar-refractivity contribution is 5.84. The molecule has 80 valence electrons. The normalized spacial score (nSPS) is 16.3. The first-order chi connectivity index (χ1) is 6.63. The summed E-state index contributed by atoms with van der Waals surface area (Å²) < 4.78 is 0. The Morgan fingerprint density at radius 3 is 2.29 bits per heavy atom. The molecule has 1 heteroatoms. The first-order valence-electron chi connectivity index (χ1n) is 5.39. The standard InChI is InChI=1S/C13H22O/c1-5-8-11-13(9-6-2,10-7-3)12(4)14/h5-6,8-9H,7,10-11H2,1-4H3/b8-5+,9-6?. The summed E-state index contributed by atoms with van der Waals surface area (Å²) in [7, 11) is 0. The lowest BCUT2D eigenvalue weighted by atomic mass is 9.76. The van der Waals surface area contributed by atoms with Gasteiger partial charge in [-0.1, -0.05) is 37.6 Å². The summed E-state index contributed by atoms with van der Waals surface area (Å²) in [6.07, 6.45) is 10.9. The van der Waals surface area contributed by atoms with Crippen LogP contribution in [0.25, 0.3) is 0 Å². The zero-order chi connectivity index (χ0) is 11.0. The lowest BCUT2D eigenvalue weighted by Crippen LogP contribution is -2.26. The van der Waals surface area contributed by atoms with E-state index in [4.69, 9.17) is 0 Å². The number of carbonyl (C=O) groups excluding carboxylic acids is 1. The fraction of sp³-hybridized carbons (Fsp3) is 0.615. The Balaban J connectivity index is 4.82. The van der Waals surface area contributed by atoms with E-state index in [0.29, 0.717) is 0 Å². The average molecular weight is 194 g/mol. The first-order valence-corrected chi connectivity index (χ1v) is 5.39. The molecule has 1 unspecified atom stereocenters. The Morgan fingerprint density at radius 1 is 1.29 bits per heavy atom. The number of hydrogen-bond donors (Lipinski definition) is 0. The summed E-state index contributed by atoms with van der Waals surface area (Å²) in [5, 5.41) is 0. The highest BCUT2D eigenvalue weighted by Gasteiger charge is 2.29. The van der Waals surface area contributed by atoms with Gasteiger partial charge in [0, 0.05) is 5.41 Å². The number of Topliss-reactive ketones (excluding diaryl/α,β-unsaturated/α-hetero) is 1. The van der Waals surface area contributed by atoms with Crippen LogP contribution in [-0.4, -0.2) is 5.78 Å². The maximum atomic E-state index is 11.7. The molecule has 0 N–H and O–H groups in total. The van der Waals surface area contributed by atoms with Gasteiger partial charge in [-0.25, -0.2) is 0 Å². The van der Waals surface area contributed by atoms with Crippen molar-refractivity contribution in [3.8, 4) is 0 Å². The van der Waals surface area contributed by atoms with E-state index >= 15 is 0 Å². The van der Waals surface area contributed by atoms with Gasteiger partial charge in [-0.2, -0.15) is 0 Å². The summed E-state index contributed by atoms with van der Waals surface area (Å²) in [5.41, 5.74) is -0.254. The molecule has 0 bridgehead atoms. The van der Waals surface area contributed by atoms with Gasteiger partial charge < -0.3 is 0 Å². The van der Waals surface area contributed by atoms with E-state index in [9.17, 15) is 4.79 Å². The van der Waals surface area contributed by atoms with Gasteiger partial charge in [0.05, 0.1) is 0 Å². The van der Waals surface area contributed by atoms with Crippen molar-refractivity contribution in [3.05, 3.63) is 24.3 Å². The van der Waals surface area contributed by atoms with Crippen LogP contribution in [-0.2, 0) is 4.79 Å². The van der Waals surface area contributed by atoms with Crippen LogP contribution in [0.15, 0.2) is 24.3 Å². The molecule has 0 fully saturated rings. The minimum absolute atomic E-state index is 0.254. The second-order valence-electron chi connectivity index (χ2n) is 3.74. The smallest absolute Gasteiger partial charge is 0.140 e. The fourth-order valence-electron chi connectivity index (χ4n) is 1.78. The molecule has 0 aliphatic carbocycles. The molecular formula is C13H22O. The monoisotopic (exact) mass is 194 g/mol. The Kier molecular flexibility index (Phi) is 6.18. The van der Waals surface area contributed by atoms with Crippen LogP contribution in [0, 0.1) is 5.41 Å². The molecule has 0 amide bonds. The second-order valence-corrected chi connectivity index (χ2v) is 3.74. The van der Waals surface area contributed by atoms with Gasteiger partial charge in [0.2, 0.25) is 0 Å². The summed E-state index contributed by atoms with van der Waals surface area (Å²) in [6.45, 7) is 7.78. The molecule has 0 saturated heterocycles. The third kappa shape index (κ3) is 3.49. The van der Waals surface area contributed by atoms with E-state index in [1.807, 2.05) is 26.0 Å². The van der Waals surface area contributed by atoms with Gasteiger partial charge in [-0.3, -0.25) is 4.79 Å². The molecule has 0 spiro atoms. The Labute approximate surface area is 87.9 Å². The number of hydrogen-bond acceptors (Lipinski definition) is 1. The average Bonchev–Trinajstić information content (AvgIpc) is 2.14. The summed E-state index contributed by atoms with van der Waals surface area (Å²) in [4.78, 5) is 11.7. The van der Waals surface area contributed by atoms with Crippen molar-refractivity contribution >= 4 is 5.78 Å². The SMILES string of the molecule is CC=CC(C/C=C/C)(CCC)C(C)=O. The quantitative estimate of drug-likeness (QED) is 0.586. The lowest BCUT2D eigenvalue weighted by molar-refractivity contribution is -0.124. The van der Waals surface area contributed by atoms with Crippen molar-refractivity contribution in [1.82, 2.24) is 0 Å². The van der Waals surface area contributed by atoms with Gasteiger partial charge in [-0.15, -0.1) is 0 Å². The number of allylic oxidation sites excluding steroid dienone is 4. The summed E-state index contributed by atoms with van der Waals surface area (Å²) >= 11 is 0. The molecule has 0 saturated carbocycles. The zero-order valence-corrected chi connectivity index (χ0v) is 9.84. The Bertz CT molecular complexity index is 225. The molecule has 0 rings (SSSR count). The molecule has 0 aromatic carbocycles. The van der Waals surface area contributed by atoms with Crippen LogP contribution >= 0.6 is 0 Å². The number of rotatable bonds is 6. The minimum Gasteiger partial charge on any atom is -0.299 e. The lowest BCUT2D eigenvalue weighted by Gasteiger charge is -2.26. The third-order valence-corrected chi connectivity index (χ3v) is 2.60. The third-order valence-electron chi connectivity index (χ3n) is 2.60. The molecule has 0 aliphatic rings. The summed E-state index contributed by atoms with van der Waals surface area (Å²) in [6, 6.07) is 0. The van der Waals surface area contributed by atoms with Crippen LogP contribution in [0.4, 0.5) is 0 Å². The van der Waals surface area contributed by atoms with Crippen LogP contribution in [0.3, 0.4) is 0 Å². The van der Waals surface area contributed by atoms with Crippen molar-refractivity contribution in [2.24, 2.45) is 5.41 Å². The van der Waals surface area contributed by atoms with Crippen molar-refractivity contribution in [1.29, 1.82) is 0 Å². The van der Waals surface area contributed by atoms with Gasteiger partial charge in [0.25, 0.3) is 0 Å². The molecule has 0 aliphatic heterocycles. The highest BCUT2D eigenvalue weighted by atomic mass is 16.1. The highest BCUT2D eigenvalue weighted by Crippen LogP contribution is 2.31. The fourth-order valence-corrected chi connectivity index (χ4v) is 1.78. The van der Waals surface area contributed by atoms with E-state index in [0.717, 1.165) is 19.3 Å². The van der Waals surface area contributed by atoms with Crippen LogP contribution in [0.5, 0.6) is 0 Å². The Morgan fingerprint density at radius 2 is 1.93 bits per heavy atom. The molecule has 1 nitrogen and oxygen atoms in total. The van der Waals surface area contributed by atoms with E-state index in [1.54, 1.807) is 6.92 Å². The van der Waals surface area contributed by atoms with Gasteiger partial charge >= 0.3 is 0 Å².